The molecule has 0 aromatic heterocycles. The van der Waals surface area contributed by atoms with Gasteiger partial charge in [0.15, 0.2) is 12.7 Å². The quantitative estimate of drug-likeness (QED) is 0.881. The molecule has 0 spiro atoms. The highest BCUT2D eigenvalue weighted by atomic mass is 16.5. The summed E-state index contributed by atoms with van der Waals surface area (Å²) in [6, 6.07) is 14.1. The van der Waals surface area contributed by atoms with Crippen LogP contribution in [0, 0.1) is 0 Å². The molecule has 0 fully saturated rings. The molecule has 1 heterocycles. The first kappa shape index (κ1) is 14.1. The molecule has 0 radical (unpaired) electrons. The summed E-state index contributed by atoms with van der Waals surface area (Å²) in [5, 5.41) is 2.71. The second-order valence-electron chi connectivity index (χ2n) is 4.99. The van der Waals surface area contributed by atoms with Gasteiger partial charge in [-0.2, -0.15) is 0 Å². The van der Waals surface area contributed by atoms with Crippen LogP contribution in [0.2, 0.25) is 0 Å². The molecule has 1 aliphatic rings. The second-order valence-corrected chi connectivity index (χ2v) is 4.99. The van der Waals surface area contributed by atoms with Crippen LogP contribution >= 0.6 is 0 Å². The van der Waals surface area contributed by atoms with E-state index in [1.165, 1.54) is 0 Å². The minimum Gasteiger partial charge on any atom is -0.482 e. The summed E-state index contributed by atoms with van der Waals surface area (Å²) < 4.78 is 11.0. The highest BCUT2D eigenvalue weighted by Gasteiger charge is 2.19. The number of anilines is 1. The highest BCUT2D eigenvalue weighted by Crippen LogP contribution is 2.31. The largest absolute Gasteiger partial charge is 0.482 e. The van der Waals surface area contributed by atoms with E-state index in [0.717, 1.165) is 0 Å². The van der Waals surface area contributed by atoms with Gasteiger partial charge in [0.05, 0.1) is 5.69 Å². The fourth-order valence-corrected chi connectivity index (χ4v) is 2.23. The zero-order valence-corrected chi connectivity index (χ0v) is 12.0. The van der Waals surface area contributed by atoms with Crippen molar-refractivity contribution >= 4 is 17.4 Å². The lowest BCUT2D eigenvalue weighted by Crippen LogP contribution is -2.26. The van der Waals surface area contributed by atoms with Gasteiger partial charge in [0.25, 0.3) is 5.91 Å². The molecule has 3 rings (SSSR count). The zero-order chi connectivity index (χ0) is 15.5. The van der Waals surface area contributed by atoms with Gasteiger partial charge in [-0.3, -0.25) is 9.59 Å². The van der Waals surface area contributed by atoms with Crippen molar-refractivity contribution < 1.29 is 19.1 Å². The third-order valence-corrected chi connectivity index (χ3v) is 3.32. The van der Waals surface area contributed by atoms with Crippen molar-refractivity contribution in [3.63, 3.8) is 0 Å². The van der Waals surface area contributed by atoms with Crippen LogP contribution < -0.4 is 14.8 Å². The van der Waals surface area contributed by atoms with Crippen LogP contribution in [0.3, 0.4) is 0 Å². The van der Waals surface area contributed by atoms with E-state index in [1.807, 2.05) is 18.2 Å². The van der Waals surface area contributed by atoms with Crippen molar-refractivity contribution in [1.29, 1.82) is 0 Å². The number of amides is 1. The molecule has 5 nitrogen and oxygen atoms in total. The minimum absolute atomic E-state index is 0.0100. The fourth-order valence-electron chi connectivity index (χ4n) is 2.23. The van der Waals surface area contributed by atoms with E-state index in [9.17, 15) is 9.59 Å². The average molecular weight is 297 g/mol. The van der Waals surface area contributed by atoms with Gasteiger partial charge in [0, 0.05) is 11.6 Å². The molecule has 2 aromatic rings. The molecule has 22 heavy (non-hydrogen) atoms. The van der Waals surface area contributed by atoms with E-state index >= 15 is 0 Å². The Morgan fingerprint density at radius 3 is 2.77 bits per heavy atom. The standard InChI is InChI=1S/C17H15NO4/c1-11(17(20)12-5-3-2-4-6-12)22-13-7-8-15-14(9-13)18-16(19)10-21-15/h2-9,11H,10H2,1H3,(H,18,19). The Morgan fingerprint density at radius 2 is 2.00 bits per heavy atom. The van der Waals surface area contributed by atoms with Crippen LogP contribution in [0.1, 0.15) is 17.3 Å². The van der Waals surface area contributed by atoms with Gasteiger partial charge in [0.1, 0.15) is 11.5 Å². The maximum Gasteiger partial charge on any atom is 0.262 e. The molecule has 5 heteroatoms. The Kier molecular flexibility index (Phi) is 3.78. The Morgan fingerprint density at radius 1 is 1.23 bits per heavy atom. The molecule has 0 saturated carbocycles. The number of ether oxygens (including phenoxy) is 2. The monoisotopic (exact) mass is 297 g/mol. The van der Waals surface area contributed by atoms with Crippen LogP contribution in [0.25, 0.3) is 0 Å². The molecule has 1 unspecified atom stereocenters. The van der Waals surface area contributed by atoms with Crippen LogP contribution in [-0.4, -0.2) is 24.4 Å². The minimum atomic E-state index is -0.624. The number of ketones is 1. The van der Waals surface area contributed by atoms with Crippen LogP contribution in [0.4, 0.5) is 5.69 Å². The molecular formula is C17H15NO4. The van der Waals surface area contributed by atoms with E-state index < -0.39 is 6.10 Å². The topological polar surface area (TPSA) is 64.6 Å². The Balaban J connectivity index is 1.74. The van der Waals surface area contributed by atoms with Gasteiger partial charge in [-0.1, -0.05) is 30.3 Å². The summed E-state index contributed by atoms with van der Waals surface area (Å²) in [4.78, 5) is 23.6. The summed E-state index contributed by atoms with van der Waals surface area (Å²) in [5.41, 5.74) is 1.15. The zero-order valence-electron chi connectivity index (χ0n) is 12.0. The van der Waals surface area contributed by atoms with Crippen molar-refractivity contribution in [2.75, 3.05) is 11.9 Å². The number of hydrogen-bond donors (Lipinski definition) is 1. The average Bonchev–Trinajstić information content (AvgIpc) is 2.54. The van der Waals surface area contributed by atoms with Crippen LogP contribution in [0.5, 0.6) is 11.5 Å². The van der Waals surface area contributed by atoms with Crippen molar-refractivity contribution in [2.45, 2.75) is 13.0 Å². The number of hydrogen-bond acceptors (Lipinski definition) is 4. The third-order valence-electron chi connectivity index (χ3n) is 3.32. The lowest BCUT2D eigenvalue weighted by atomic mass is 10.1. The molecule has 0 aliphatic carbocycles. The van der Waals surface area contributed by atoms with Crippen LogP contribution in [0.15, 0.2) is 48.5 Å². The van der Waals surface area contributed by atoms with Gasteiger partial charge in [-0.25, -0.2) is 0 Å². The molecule has 1 atom stereocenters. The Bertz CT molecular complexity index is 712. The summed E-state index contributed by atoms with van der Waals surface area (Å²) in [6.45, 7) is 1.71. The lowest BCUT2D eigenvalue weighted by Gasteiger charge is -2.20. The number of rotatable bonds is 4. The van der Waals surface area contributed by atoms with Crippen molar-refractivity contribution in [1.82, 2.24) is 0 Å². The molecular weight excluding hydrogens is 282 g/mol. The molecule has 112 valence electrons. The summed E-state index contributed by atoms with van der Waals surface area (Å²) in [6.07, 6.45) is -0.624. The first-order valence-electron chi connectivity index (χ1n) is 6.96. The summed E-state index contributed by atoms with van der Waals surface area (Å²) in [7, 11) is 0. The van der Waals surface area contributed by atoms with Gasteiger partial charge in [-0.05, 0) is 19.1 Å². The van der Waals surface area contributed by atoms with E-state index in [-0.39, 0.29) is 18.3 Å². The number of carbonyl (C=O) groups excluding carboxylic acids is 2. The fraction of sp³-hybridized carbons (Fsp3) is 0.176. The summed E-state index contributed by atoms with van der Waals surface area (Å²) >= 11 is 0. The molecule has 0 bridgehead atoms. The Hall–Kier alpha value is -2.82. The second kappa shape index (κ2) is 5.89. The Labute approximate surface area is 127 Å². The SMILES string of the molecule is CC(Oc1ccc2c(c1)NC(=O)CO2)C(=O)c1ccccc1. The van der Waals surface area contributed by atoms with Gasteiger partial charge in [-0.15, -0.1) is 0 Å². The first-order valence-corrected chi connectivity index (χ1v) is 6.96. The highest BCUT2D eigenvalue weighted by molar-refractivity contribution is 5.99. The predicted octanol–water partition coefficient (Wildman–Crippen LogP) is 2.67. The van der Waals surface area contributed by atoms with Crippen molar-refractivity contribution in [2.24, 2.45) is 0 Å². The van der Waals surface area contributed by atoms with Gasteiger partial charge in [0.2, 0.25) is 5.78 Å². The van der Waals surface area contributed by atoms with E-state index in [0.29, 0.717) is 22.7 Å². The molecule has 0 saturated heterocycles. The predicted molar refractivity (Wildman–Crippen MR) is 81.4 cm³/mol. The van der Waals surface area contributed by atoms with E-state index in [4.69, 9.17) is 9.47 Å². The first-order chi connectivity index (χ1) is 10.6. The van der Waals surface area contributed by atoms with E-state index in [2.05, 4.69) is 5.32 Å². The smallest absolute Gasteiger partial charge is 0.262 e. The number of nitrogens with one attached hydrogen (secondary N) is 1. The number of Topliss-reactive ketones (excluding diaryl/α,β-unsaturated/α-hetero) is 1. The molecule has 1 aliphatic heterocycles. The van der Waals surface area contributed by atoms with Gasteiger partial charge >= 0.3 is 0 Å². The number of benzene rings is 2. The third kappa shape index (κ3) is 2.93. The summed E-state index contributed by atoms with van der Waals surface area (Å²) in [5.74, 6) is 0.784. The van der Waals surface area contributed by atoms with Crippen LogP contribution in [-0.2, 0) is 4.79 Å². The molecule has 2 aromatic carbocycles. The van der Waals surface area contributed by atoms with Gasteiger partial charge < -0.3 is 14.8 Å². The lowest BCUT2D eigenvalue weighted by molar-refractivity contribution is -0.118. The maximum atomic E-state index is 12.3. The number of carbonyl (C=O) groups is 2. The normalized spacial score (nSPS) is 14.3. The van der Waals surface area contributed by atoms with E-state index in [1.54, 1.807) is 37.3 Å². The number of fused-ring (bicyclic) bond motifs is 1. The molecule has 1 N–H and O–H groups in total. The maximum absolute atomic E-state index is 12.3. The van der Waals surface area contributed by atoms with Crippen molar-refractivity contribution in [3.8, 4) is 11.5 Å². The van der Waals surface area contributed by atoms with Crippen molar-refractivity contribution in [3.05, 3.63) is 54.1 Å². The molecule has 1 amide bonds.